The molecule has 7 heteroatoms. The standard InChI is InChI=1S/C14H13I2NO3S/c1-3-7(2)17-13(19)11(21-14(17)20)6-8-4-9(15)12(18)10(16)5-8/h4-7,18H,3H2,1-2H3/b11-6+/t7-/m1/s1. The van der Waals surface area contributed by atoms with E-state index in [2.05, 4.69) is 0 Å². The van der Waals surface area contributed by atoms with Crippen molar-refractivity contribution in [1.29, 1.82) is 0 Å². The SMILES string of the molecule is CC[C@@H](C)N1C(=O)S/C(=C/c2cc(I)c(O)c(I)c2)C1=O. The van der Waals surface area contributed by atoms with Gasteiger partial charge >= 0.3 is 0 Å². The first kappa shape index (κ1) is 17.1. The van der Waals surface area contributed by atoms with Crippen LogP contribution in [0.15, 0.2) is 17.0 Å². The second kappa shape index (κ2) is 6.86. The van der Waals surface area contributed by atoms with Crippen molar-refractivity contribution in [2.75, 3.05) is 0 Å². The summed E-state index contributed by atoms with van der Waals surface area (Å²) in [5.41, 5.74) is 0.802. The van der Waals surface area contributed by atoms with Crippen LogP contribution in [0.4, 0.5) is 4.79 Å². The maximum atomic E-state index is 12.3. The molecular weight excluding hydrogens is 516 g/mol. The van der Waals surface area contributed by atoms with E-state index in [0.717, 1.165) is 23.7 Å². The lowest BCUT2D eigenvalue weighted by Gasteiger charge is -2.19. The topological polar surface area (TPSA) is 57.6 Å². The Morgan fingerprint density at radius 2 is 1.90 bits per heavy atom. The Labute approximate surface area is 154 Å². The molecular formula is C14H13I2NO3S. The Balaban J connectivity index is 2.35. The first-order chi connectivity index (χ1) is 9.85. The molecule has 0 bridgehead atoms. The highest BCUT2D eigenvalue weighted by atomic mass is 127. The first-order valence-electron chi connectivity index (χ1n) is 6.30. The predicted octanol–water partition coefficient (Wildman–Crippen LogP) is 4.44. The van der Waals surface area contributed by atoms with E-state index in [-0.39, 0.29) is 22.9 Å². The molecule has 1 aromatic carbocycles. The Bertz CT molecular complexity index is 622. The number of hydrogen-bond acceptors (Lipinski definition) is 4. The van der Waals surface area contributed by atoms with E-state index >= 15 is 0 Å². The monoisotopic (exact) mass is 529 g/mol. The third-order valence-corrected chi connectivity index (χ3v) is 5.72. The van der Waals surface area contributed by atoms with Crippen molar-refractivity contribution in [2.45, 2.75) is 26.3 Å². The van der Waals surface area contributed by atoms with E-state index in [1.807, 2.05) is 59.0 Å². The highest BCUT2D eigenvalue weighted by molar-refractivity contribution is 14.1. The minimum atomic E-state index is -0.238. The molecule has 1 saturated heterocycles. The molecule has 1 aromatic rings. The van der Waals surface area contributed by atoms with Crippen molar-refractivity contribution in [1.82, 2.24) is 4.90 Å². The molecule has 0 radical (unpaired) electrons. The van der Waals surface area contributed by atoms with E-state index < -0.39 is 0 Å². The number of halogens is 2. The maximum Gasteiger partial charge on any atom is 0.293 e. The minimum absolute atomic E-state index is 0.0940. The molecule has 1 N–H and O–H groups in total. The number of aromatic hydroxyl groups is 1. The van der Waals surface area contributed by atoms with E-state index in [0.29, 0.717) is 12.0 Å². The van der Waals surface area contributed by atoms with Gasteiger partial charge in [-0.3, -0.25) is 14.5 Å². The van der Waals surface area contributed by atoms with Gasteiger partial charge in [0.1, 0.15) is 5.75 Å². The quantitative estimate of drug-likeness (QED) is 0.465. The summed E-state index contributed by atoms with van der Waals surface area (Å²) in [5.74, 6) is -0.00139. The van der Waals surface area contributed by atoms with Gasteiger partial charge in [-0.2, -0.15) is 0 Å². The number of hydrogen-bond donors (Lipinski definition) is 1. The van der Waals surface area contributed by atoms with Gasteiger partial charge in [-0.15, -0.1) is 0 Å². The molecule has 112 valence electrons. The number of amides is 2. The van der Waals surface area contributed by atoms with Gasteiger partial charge in [0.2, 0.25) is 0 Å². The van der Waals surface area contributed by atoms with E-state index in [1.165, 1.54) is 4.90 Å². The smallest absolute Gasteiger partial charge is 0.293 e. The molecule has 0 saturated carbocycles. The largest absolute Gasteiger partial charge is 0.506 e. The molecule has 0 aromatic heterocycles. The summed E-state index contributed by atoms with van der Waals surface area (Å²) in [4.78, 5) is 26.0. The Morgan fingerprint density at radius 1 is 1.33 bits per heavy atom. The lowest BCUT2D eigenvalue weighted by Crippen LogP contribution is -2.36. The predicted molar refractivity (Wildman–Crippen MR) is 101 cm³/mol. The van der Waals surface area contributed by atoms with Gasteiger partial charge in [-0.25, -0.2) is 0 Å². The number of imide groups is 1. The van der Waals surface area contributed by atoms with Crippen LogP contribution in [0.1, 0.15) is 25.8 Å². The number of nitrogens with zero attached hydrogens (tertiary/aromatic N) is 1. The zero-order chi connectivity index (χ0) is 15.7. The Kier molecular flexibility index (Phi) is 5.58. The molecule has 0 aliphatic carbocycles. The second-order valence-electron chi connectivity index (χ2n) is 4.64. The van der Waals surface area contributed by atoms with Crippen LogP contribution < -0.4 is 0 Å². The van der Waals surface area contributed by atoms with Crippen molar-refractivity contribution in [3.63, 3.8) is 0 Å². The van der Waals surface area contributed by atoms with Crippen LogP contribution >= 0.6 is 56.9 Å². The molecule has 0 spiro atoms. The third-order valence-electron chi connectivity index (χ3n) is 3.19. The van der Waals surface area contributed by atoms with Crippen LogP contribution in [0.5, 0.6) is 5.75 Å². The summed E-state index contributed by atoms with van der Waals surface area (Å²) in [6.45, 7) is 3.81. The fourth-order valence-electron chi connectivity index (χ4n) is 1.86. The highest BCUT2D eigenvalue weighted by Gasteiger charge is 2.37. The summed E-state index contributed by atoms with van der Waals surface area (Å²) in [5, 5.41) is 9.54. The second-order valence-corrected chi connectivity index (χ2v) is 7.96. The first-order valence-corrected chi connectivity index (χ1v) is 9.27. The van der Waals surface area contributed by atoms with Crippen molar-refractivity contribution < 1.29 is 14.7 Å². The third kappa shape index (κ3) is 3.55. The Morgan fingerprint density at radius 3 is 2.43 bits per heavy atom. The maximum absolute atomic E-state index is 12.3. The molecule has 2 rings (SSSR count). The Hall–Kier alpha value is -0.290. The van der Waals surface area contributed by atoms with Crippen LogP contribution in [-0.2, 0) is 4.79 Å². The number of rotatable bonds is 3. The molecule has 21 heavy (non-hydrogen) atoms. The number of thioether (sulfide) groups is 1. The van der Waals surface area contributed by atoms with E-state index in [9.17, 15) is 14.7 Å². The zero-order valence-electron chi connectivity index (χ0n) is 11.4. The van der Waals surface area contributed by atoms with Gasteiger partial charge < -0.3 is 5.11 Å². The fourth-order valence-corrected chi connectivity index (χ4v) is 4.61. The number of carbonyl (C=O) groups is 2. The van der Waals surface area contributed by atoms with Crippen molar-refractivity contribution in [2.24, 2.45) is 0 Å². The molecule has 1 heterocycles. The van der Waals surface area contributed by atoms with Gasteiger partial charge in [0, 0.05) is 6.04 Å². The number of phenols is 1. The molecule has 1 aliphatic rings. The average Bonchev–Trinajstić information content (AvgIpc) is 2.70. The van der Waals surface area contributed by atoms with Gasteiger partial charge in [0.15, 0.2) is 0 Å². The number of carbonyl (C=O) groups excluding carboxylic acids is 2. The van der Waals surface area contributed by atoms with Gasteiger partial charge in [-0.05, 0) is 94.1 Å². The van der Waals surface area contributed by atoms with Crippen LogP contribution in [-0.4, -0.2) is 27.2 Å². The fraction of sp³-hybridized carbons (Fsp3) is 0.286. The molecule has 1 fully saturated rings. The average molecular weight is 529 g/mol. The molecule has 0 unspecified atom stereocenters. The number of benzene rings is 1. The molecule has 4 nitrogen and oxygen atoms in total. The van der Waals surface area contributed by atoms with E-state index in [1.54, 1.807) is 18.2 Å². The van der Waals surface area contributed by atoms with Gasteiger partial charge in [0.25, 0.3) is 11.1 Å². The number of phenolic OH excluding ortho intramolecular Hbond substituents is 1. The summed E-state index contributed by atoms with van der Waals surface area (Å²) < 4.78 is 1.43. The van der Waals surface area contributed by atoms with Crippen LogP contribution in [0.2, 0.25) is 0 Å². The summed E-state index contributed by atoms with van der Waals surface area (Å²) in [6, 6.07) is 3.48. The van der Waals surface area contributed by atoms with Crippen LogP contribution in [0.3, 0.4) is 0 Å². The van der Waals surface area contributed by atoms with Crippen LogP contribution in [0.25, 0.3) is 6.08 Å². The summed E-state index contributed by atoms with van der Waals surface area (Å²) >= 11 is 5.05. The van der Waals surface area contributed by atoms with Crippen LogP contribution in [0, 0.1) is 7.14 Å². The normalized spacial score (nSPS) is 18.7. The lowest BCUT2D eigenvalue weighted by molar-refractivity contribution is -0.124. The molecule has 1 atom stereocenters. The van der Waals surface area contributed by atoms with E-state index in [4.69, 9.17) is 0 Å². The molecule has 1 aliphatic heterocycles. The van der Waals surface area contributed by atoms with Gasteiger partial charge in [-0.1, -0.05) is 6.92 Å². The van der Waals surface area contributed by atoms with Crippen molar-refractivity contribution in [3.05, 3.63) is 29.7 Å². The molecule has 2 amide bonds. The summed E-state index contributed by atoms with van der Waals surface area (Å²) in [7, 11) is 0. The zero-order valence-corrected chi connectivity index (χ0v) is 16.5. The van der Waals surface area contributed by atoms with Crippen molar-refractivity contribution >= 4 is 74.2 Å². The minimum Gasteiger partial charge on any atom is -0.506 e. The highest BCUT2D eigenvalue weighted by Crippen LogP contribution is 2.35. The summed E-state index contributed by atoms with van der Waals surface area (Å²) in [6.07, 6.45) is 2.44. The lowest BCUT2D eigenvalue weighted by atomic mass is 10.2. The van der Waals surface area contributed by atoms with Crippen molar-refractivity contribution in [3.8, 4) is 5.75 Å². The van der Waals surface area contributed by atoms with Gasteiger partial charge in [0.05, 0.1) is 12.0 Å².